The van der Waals surface area contributed by atoms with Gasteiger partial charge in [0.2, 0.25) is 0 Å². The highest BCUT2D eigenvalue weighted by atomic mass is 127. The van der Waals surface area contributed by atoms with E-state index in [0.717, 1.165) is 42.6 Å². The molecule has 0 aliphatic carbocycles. The van der Waals surface area contributed by atoms with E-state index in [1.807, 2.05) is 41.2 Å². The van der Waals surface area contributed by atoms with Gasteiger partial charge in [-0.3, -0.25) is 4.68 Å². The second kappa shape index (κ2) is 11.3. The van der Waals surface area contributed by atoms with E-state index < -0.39 is 0 Å². The maximum absolute atomic E-state index is 5.98. The average molecular weight is 448 g/mol. The van der Waals surface area contributed by atoms with Crippen LogP contribution in [-0.4, -0.2) is 28.8 Å². The zero-order valence-electron chi connectivity index (χ0n) is 13.2. The van der Waals surface area contributed by atoms with E-state index in [1.54, 1.807) is 6.20 Å². The molecule has 0 saturated heterocycles. The van der Waals surface area contributed by atoms with Crippen LogP contribution in [-0.2, 0) is 13.1 Å². The van der Waals surface area contributed by atoms with E-state index in [2.05, 4.69) is 27.6 Å². The topological polar surface area (TPSA) is 54.2 Å². The van der Waals surface area contributed by atoms with Gasteiger partial charge in [0.05, 0.1) is 6.54 Å². The molecule has 0 bridgehead atoms. The molecule has 126 valence electrons. The Bertz CT molecular complexity index is 586. The van der Waals surface area contributed by atoms with Crippen LogP contribution in [0.2, 0.25) is 5.02 Å². The maximum Gasteiger partial charge on any atom is 0.191 e. The summed E-state index contributed by atoms with van der Waals surface area (Å²) in [5, 5.41) is 11.5. The Morgan fingerprint density at radius 2 is 2.17 bits per heavy atom. The fourth-order valence-electron chi connectivity index (χ4n) is 2.03. The summed E-state index contributed by atoms with van der Waals surface area (Å²) in [5.74, 6) is 0.822. The molecule has 0 spiro atoms. The van der Waals surface area contributed by atoms with Gasteiger partial charge < -0.3 is 10.6 Å². The van der Waals surface area contributed by atoms with Gasteiger partial charge in [-0.25, -0.2) is 4.99 Å². The van der Waals surface area contributed by atoms with Crippen LogP contribution < -0.4 is 10.6 Å². The molecule has 0 fully saturated rings. The number of rotatable bonds is 7. The molecule has 7 heteroatoms. The first-order valence-corrected chi connectivity index (χ1v) is 7.90. The van der Waals surface area contributed by atoms with E-state index in [1.165, 1.54) is 0 Å². The Balaban J connectivity index is 0.00000264. The molecule has 0 aliphatic rings. The summed E-state index contributed by atoms with van der Waals surface area (Å²) in [5.41, 5.74) is 1.10. The van der Waals surface area contributed by atoms with Gasteiger partial charge in [0.25, 0.3) is 0 Å². The first kappa shape index (κ1) is 19.8. The van der Waals surface area contributed by atoms with Gasteiger partial charge in [-0.05, 0) is 37.1 Å². The normalized spacial score (nSPS) is 11.0. The number of aliphatic imine (C=N–C) groups is 1. The van der Waals surface area contributed by atoms with E-state index in [0.29, 0.717) is 6.54 Å². The summed E-state index contributed by atoms with van der Waals surface area (Å²) in [7, 11) is 0. The van der Waals surface area contributed by atoms with Crippen molar-refractivity contribution in [3.8, 4) is 0 Å². The molecule has 23 heavy (non-hydrogen) atoms. The Morgan fingerprint density at radius 3 is 2.87 bits per heavy atom. The number of guanidine groups is 1. The molecule has 0 radical (unpaired) electrons. The first-order chi connectivity index (χ1) is 10.8. The van der Waals surface area contributed by atoms with Crippen molar-refractivity contribution in [1.82, 2.24) is 20.4 Å². The van der Waals surface area contributed by atoms with Crippen molar-refractivity contribution in [2.45, 2.75) is 26.4 Å². The van der Waals surface area contributed by atoms with Crippen molar-refractivity contribution in [2.24, 2.45) is 4.99 Å². The summed E-state index contributed by atoms with van der Waals surface area (Å²) < 4.78 is 1.93. The van der Waals surface area contributed by atoms with Crippen molar-refractivity contribution in [1.29, 1.82) is 0 Å². The lowest BCUT2D eigenvalue weighted by Crippen LogP contribution is -2.38. The Kier molecular flexibility index (Phi) is 9.70. The van der Waals surface area contributed by atoms with Crippen LogP contribution in [0.4, 0.5) is 0 Å². The molecule has 0 unspecified atom stereocenters. The lowest BCUT2D eigenvalue weighted by molar-refractivity contribution is 0.570. The molecule has 1 aromatic heterocycles. The molecule has 2 aromatic rings. The predicted octanol–water partition coefficient (Wildman–Crippen LogP) is 3.30. The van der Waals surface area contributed by atoms with Crippen molar-refractivity contribution in [3.05, 3.63) is 53.3 Å². The fourth-order valence-corrected chi connectivity index (χ4v) is 2.24. The standard InChI is InChI=1S/C16H22ClN5.HI/c1-2-18-16(19-8-4-10-22-11-5-9-21-22)20-13-14-6-3-7-15(17)12-14;/h3,5-7,9,11-12H,2,4,8,10,13H2,1H3,(H2,18,19,20);1H. The molecule has 2 rings (SSSR count). The van der Waals surface area contributed by atoms with Gasteiger partial charge in [0.15, 0.2) is 5.96 Å². The molecular formula is C16H23ClIN5. The number of nitrogens with one attached hydrogen (secondary N) is 2. The summed E-state index contributed by atoms with van der Waals surface area (Å²) in [6.07, 6.45) is 4.76. The third-order valence-electron chi connectivity index (χ3n) is 3.07. The van der Waals surface area contributed by atoms with Gasteiger partial charge >= 0.3 is 0 Å². The second-order valence-electron chi connectivity index (χ2n) is 4.87. The molecule has 0 saturated carbocycles. The van der Waals surface area contributed by atoms with Crippen molar-refractivity contribution in [2.75, 3.05) is 13.1 Å². The maximum atomic E-state index is 5.98. The molecular weight excluding hydrogens is 425 g/mol. The summed E-state index contributed by atoms with van der Waals surface area (Å²) in [6, 6.07) is 9.71. The van der Waals surface area contributed by atoms with Crippen LogP contribution in [0.1, 0.15) is 18.9 Å². The summed E-state index contributed by atoms with van der Waals surface area (Å²) in [6.45, 7) is 5.24. The smallest absolute Gasteiger partial charge is 0.191 e. The lowest BCUT2D eigenvalue weighted by atomic mass is 10.2. The zero-order valence-corrected chi connectivity index (χ0v) is 16.3. The number of aromatic nitrogens is 2. The molecule has 2 N–H and O–H groups in total. The molecule has 1 heterocycles. The SMILES string of the molecule is CCNC(=NCc1cccc(Cl)c1)NCCCn1cccn1.I. The number of nitrogens with zero attached hydrogens (tertiary/aromatic N) is 3. The number of hydrogen-bond donors (Lipinski definition) is 2. The van der Waals surface area contributed by atoms with Crippen LogP contribution in [0.25, 0.3) is 0 Å². The molecule has 0 amide bonds. The molecule has 0 atom stereocenters. The molecule has 1 aromatic carbocycles. The summed E-state index contributed by atoms with van der Waals surface area (Å²) in [4.78, 5) is 4.57. The highest BCUT2D eigenvalue weighted by molar-refractivity contribution is 14.0. The zero-order chi connectivity index (χ0) is 15.6. The van der Waals surface area contributed by atoms with Gasteiger partial charge in [-0.1, -0.05) is 23.7 Å². The molecule has 5 nitrogen and oxygen atoms in total. The molecule has 0 aliphatic heterocycles. The Morgan fingerprint density at radius 1 is 1.30 bits per heavy atom. The average Bonchev–Trinajstić information content (AvgIpc) is 3.02. The van der Waals surface area contributed by atoms with Gasteiger partial charge in [0, 0.05) is 37.1 Å². The van der Waals surface area contributed by atoms with E-state index in [-0.39, 0.29) is 24.0 Å². The van der Waals surface area contributed by atoms with Crippen LogP contribution in [0.3, 0.4) is 0 Å². The van der Waals surface area contributed by atoms with E-state index >= 15 is 0 Å². The van der Waals surface area contributed by atoms with Crippen LogP contribution in [0, 0.1) is 0 Å². The van der Waals surface area contributed by atoms with Crippen molar-refractivity contribution in [3.63, 3.8) is 0 Å². The largest absolute Gasteiger partial charge is 0.357 e. The van der Waals surface area contributed by atoms with E-state index in [4.69, 9.17) is 11.6 Å². The number of hydrogen-bond acceptors (Lipinski definition) is 2. The minimum atomic E-state index is 0. The minimum absolute atomic E-state index is 0. The predicted molar refractivity (Wildman–Crippen MR) is 107 cm³/mol. The number of halogens is 2. The Hall–Kier alpha value is -1.28. The highest BCUT2D eigenvalue weighted by Gasteiger charge is 1.98. The van der Waals surface area contributed by atoms with Crippen molar-refractivity contribution >= 4 is 41.5 Å². The third kappa shape index (κ3) is 7.69. The van der Waals surface area contributed by atoms with Crippen LogP contribution in [0.15, 0.2) is 47.7 Å². The lowest BCUT2D eigenvalue weighted by Gasteiger charge is -2.11. The van der Waals surface area contributed by atoms with Gasteiger partial charge in [0.1, 0.15) is 0 Å². The van der Waals surface area contributed by atoms with Gasteiger partial charge in [-0.2, -0.15) is 5.10 Å². The Labute approximate surface area is 159 Å². The number of benzene rings is 1. The highest BCUT2D eigenvalue weighted by Crippen LogP contribution is 2.11. The second-order valence-corrected chi connectivity index (χ2v) is 5.31. The van der Waals surface area contributed by atoms with Gasteiger partial charge in [-0.15, -0.1) is 24.0 Å². The van der Waals surface area contributed by atoms with Crippen LogP contribution >= 0.6 is 35.6 Å². The summed E-state index contributed by atoms with van der Waals surface area (Å²) >= 11 is 5.98. The monoisotopic (exact) mass is 447 g/mol. The first-order valence-electron chi connectivity index (χ1n) is 7.52. The van der Waals surface area contributed by atoms with Crippen molar-refractivity contribution < 1.29 is 0 Å². The third-order valence-corrected chi connectivity index (χ3v) is 3.30. The van der Waals surface area contributed by atoms with E-state index in [9.17, 15) is 0 Å². The fraction of sp³-hybridized carbons (Fsp3) is 0.375. The minimum Gasteiger partial charge on any atom is -0.357 e. The quantitative estimate of drug-likeness (QED) is 0.296. The number of aryl methyl sites for hydroxylation is 1. The van der Waals surface area contributed by atoms with Crippen LogP contribution in [0.5, 0.6) is 0 Å².